The average molecular weight is 498 g/mol. The van der Waals surface area contributed by atoms with Crippen molar-refractivity contribution in [3.63, 3.8) is 0 Å². The van der Waals surface area contributed by atoms with Crippen LogP contribution in [0.3, 0.4) is 0 Å². The third kappa shape index (κ3) is 5.63. The Balaban J connectivity index is 1.54. The highest BCUT2D eigenvalue weighted by atomic mass is 79.9. The molecule has 0 saturated carbocycles. The van der Waals surface area contributed by atoms with Crippen molar-refractivity contribution in [3.05, 3.63) is 69.7 Å². The topological polar surface area (TPSA) is 69.7 Å². The summed E-state index contributed by atoms with van der Waals surface area (Å²) >= 11 is 3.27. The monoisotopic (exact) mass is 497 g/mol. The Morgan fingerprint density at radius 2 is 1.58 bits per heavy atom. The molecule has 1 aliphatic rings. The lowest BCUT2D eigenvalue weighted by Crippen LogP contribution is -2.52. The highest BCUT2D eigenvalue weighted by Crippen LogP contribution is 2.32. The van der Waals surface area contributed by atoms with E-state index in [1.54, 1.807) is 24.3 Å². The van der Waals surface area contributed by atoms with Crippen LogP contribution in [-0.2, 0) is 11.0 Å². The molecule has 0 bridgehead atoms. The van der Waals surface area contributed by atoms with E-state index in [0.29, 0.717) is 5.56 Å². The second kappa shape index (κ2) is 9.51. The lowest BCUT2D eigenvalue weighted by atomic mass is 10.1. The van der Waals surface area contributed by atoms with Gasteiger partial charge in [-0.25, -0.2) is 0 Å². The molecule has 0 atom stereocenters. The summed E-state index contributed by atoms with van der Waals surface area (Å²) in [4.78, 5) is 39.9. The highest BCUT2D eigenvalue weighted by Gasteiger charge is 2.36. The van der Waals surface area contributed by atoms with E-state index in [0.717, 1.165) is 16.6 Å². The maximum atomic E-state index is 13.2. The van der Waals surface area contributed by atoms with E-state index in [1.807, 2.05) is 0 Å². The molecule has 31 heavy (non-hydrogen) atoms. The van der Waals surface area contributed by atoms with Crippen LogP contribution in [0.4, 0.5) is 13.2 Å². The first-order valence-electron chi connectivity index (χ1n) is 9.44. The molecule has 164 valence electrons. The van der Waals surface area contributed by atoms with E-state index in [2.05, 4.69) is 21.2 Å². The number of carbonyl (C=O) groups excluding carboxylic acids is 3. The van der Waals surface area contributed by atoms with Crippen LogP contribution >= 0.6 is 15.9 Å². The van der Waals surface area contributed by atoms with Gasteiger partial charge in [-0.2, -0.15) is 13.2 Å². The summed E-state index contributed by atoms with van der Waals surface area (Å²) in [6, 6.07) is 11.4. The second-order valence-corrected chi connectivity index (χ2v) is 7.83. The number of halogens is 4. The van der Waals surface area contributed by atoms with Crippen molar-refractivity contribution in [2.75, 3.05) is 32.7 Å². The Kier molecular flexibility index (Phi) is 6.99. The number of hydrogen-bond donors (Lipinski definition) is 1. The first-order valence-corrected chi connectivity index (χ1v) is 10.2. The predicted octanol–water partition coefficient (Wildman–Crippen LogP) is 3.18. The van der Waals surface area contributed by atoms with Crippen LogP contribution in [0.25, 0.3) is 0 Å². The summed E-state index contributed by atoms with van der Waals surface area (Å²) in [5, 5.41) is 2.55. The fourth-order valence-corrected chi connectivity index (χ4v) is 3.64. The van der Waals surface area contributed by atoms with E-state index in [9.17, 15) is 27.6 Å². The van der Waals surface area contributed by atoms with Crippen LogP contribution in [0.15, 0.2) is 53.0 Å². The van der Waals surface area contributed by atoms with Crippen molar-refractivity contribution in [3.8, 4) is 0 Å². The van der Waals surface area contributed by atoms with Crippen LogP contribution < -0.4 is 5.32 Å². The molecule has 0 unspecified atom stereocenters. The zero-order valence-electron chi connectivity index (χ0n) is 16.3. The van der Waals surface area contributed by atoms with Crippen molar-refractivity contribution in [1.29, 1.82) is 0 Å². The van der Waals surface area contributed by atoms with Gasteiger partial charge in [-0.3, -0.25) is 14.4 Å². The van der Waals surface area contributed by atoms with E-state index < -0.39 is 29.1 Å². The maximum Gasteiger partial charge on any atom is 0.417 e. The van der Waals surface area contributed by atoms with Gasteiger partial charge < -0.3 is 15.1 Å². The molecule has 2 aromatic carbocycles. The molecule has 0 radical (unpaired) electrons. The van der Waals surface area contributed by atoms with E-state index in [4.69, 9.17) is 0 Å². The summed E-state index contributed by atoms with van der Waals surface area (Å²) in [5.74, 6) is -1.44. The predicted molar refractivity (Wildman–Crippen MR) is 110 cm³/mol. The van der Waals surface area contributed by atoms with Gasteiger partial charge in [0.15, 0.2) is 0 Å². The number of hydrogen-bond acceptors (Lipinski definition) is 3. The van der Waals surface area contributed by atoms with Crippen molar-refractivity contribution in [2.45, 2.75) is 6.18 Å². The lowest BCUT2D eigenvalue weighted by Gasteiger charge is -2.35. The number of alkyl halides is 3. The molecule has 1 fully saturated rings. The number of carbonyl (C=O) groups is 3. The second-order valence-electron chi connectivity index (χ2n) is 6.91. The fraction of sp³-hybridized carbons (Fsp3) is 0.286. The van der Waals surface area contributed by atoms with Gasteiger partial charge in [-0.15, -0.1) is 0 Å². The van der Waals surface area contributed by atoms with Gasteiger partial charge in [0, 0.05) is 36.2 Å². The molecule has 1 saturated heterocycles. The first kappa shape index (κ1) is 22.8. The molecule has 1 aliphatic heterocycles. The molecule has 2 aromatic rings. The molecule has 1 N–H and O–H groups in total. The largest absolute Gasteiger partial charge is 0.417 e. The van der Waals surface area contributed by atoms with Crippen LogP contribution in [0, 0.1) is 0 Å². The van der Waals surface area contributed by atoms with Crippen molar-refractivity contribution >= 4 is 33.7 Å². The zero-order chi connectivity index (χ0) is 22.6. The van der Waals surface area contributed by atoms with Gasteiger partial charge in [0.05, 0.1) is 17.7 Å². The zero-order valence-corrected chi connectivity index (χ0v) is 17.9. The minimum Gasteiger partial charge on any atom is -0.343 e. The Labute approximate surface area is 185 Å². The van der Waals surface area contributed by atoms with Crippen LogP contribution in [0.5, 0.6) is 0 Å². The minimum atomic E-state index is -4.63. The summed E-state index contributed by atoms with van der Waals surface area (Å²) in [5.41, 5.74) is -0.981. The molecule has 6 nitrogen and oxygen atoms in total. The first-order chi connectivity index (χ1) is 14.7. The molecule has 0 spiro atoms. The summed E-state index contributed by atoms with van der Waals surface area (Å²) in [7, 11) is 0. The van der Waals surface area contributed by atoms with Crippen molar-refractivity contribution < 1.29 is 27.6 Å². The Morgan fingerprint density at radius 1 is 0.935 bits per heavy atom. The van der Waals surface area contributed by atoms with Crippen LogP contribution in [-0.4, -0.2) is 60.2 Å². The molecule has 3 rings (SSSR count). The quantitative estimate of drug-likeness (QED) is 0.705. The van der Waals surface area contributed by atoms with Crippen molar-refractivity contribution in [1.82, 2.24) is 15.1 Å². The molecule has 1 heterocycles. The van der Waals surface area contributed by atoms with Gasteiger partial charge >= 0.3 is 6.18 Å². The van der Waals surface area contributed by atoms with Crippen LogP contribution in [0.1, 0.15) is 26.3 Å². The van der Waals surface area contributed by atoms with Gasteiger partial charge in [0.1, 0.15) is 0 Å². The van der Waals surface area contributed by atoms with Gasteiger partial charge in [0.25, 0.3) is 11.8 Å². The van der Waals surface area contributed by atoms with E-state index in [-0.39, 0.29) is 38.6 Å². The number of amides is 3. The molecule has 10 heteroatoms. The number of rotatable bonds is 4. The third-order valence-electron chi connectivity index (χ3n) is 4.87. The highest BCUT2D eigenvalue weighted by molar-refractivity contribution is 9.10. The van der Waals surface area contributed by atoms with Gasteiger partial charge in [0.2, 0.25) is 5.91 Å². The fourth-order valence-electron chi connectivity index (χ4n) is 3.25. The summed E-state index contributed by atoms with van der Waals surface area (Å²) in [6.07, 6.45) is -4.63. The van der Waals surface area contributed by atoms with E-state index >= 15 is 0 Å². The smallest absolute Gasteiger partial charge is 0.343 e. The Hall–Kier alpha value is -2.88. The van der Waals surface area contributed by atoms with Crippen molar-refractivity contribution in [2.24, 2.45) is 0 Å². The molecular weight excluding hydrogens is 479 g/mol. The molecular formula is C21H19BrF3N3O3. The van der Waals surface area contributed by atoms with Crippen LogP contribution in [0.2, 0.25) is 0 Å². The molecule has 0 aromatic heterocycles. The Morgan fingerprint density at radius 3 is 2.23 bits per heavy atom. The standard InChI is InChI=1S/C21H19BrF3N3O3/c22-15-5-3-4-14(12-15)19(30)26-13-18(29)27-8-10-28(11-9-27)20(31)16-6-1-2-7-17(16)21(23,24)25/h1-7,12H,8-11,13H2,(H,26,30). The Bertz CT molecular complexity index is 989. The third-order valence-corrected chi connectivity index (χ3v) is 5.36. The number of nitrogens with one attached hydrogen (secondary N) is 1. The number of benzene rings is 2. The SMILES string of the molecule is O=C(NCC(=O)N1CCN(C(=O)c2ccccc2C(F)(F)F)CC1)c1cccc(Br)c1. The van der Waals surface area contributed by atoms with Gasteiger partial charge in [-0.1, -0.05) is 34.1 Å². The number of nitrogens with zero attached hydrogens (tertiary/aromatic N) is 2. The lowest BCUT2D eigenvalue weighted by molar-refractivity contribution is -0.138. The molecule has 0 aliphatic carbocycles. The summed E-state index contributed by atoms with van der Waals surface area (Å²) in [6.45, 7) is 0.347. The normalized spacial score (nSPS) is 14.3. The van der Waals surface area contributed by atoms with E-state index in [1.165, 1.54) is 21.9 Å². The molecule has 3 amide bonds. The summed E-state index contributed by atoms with van der Waals surface area (Å²) < 4.78 is 40.3. The minimum absolute atomic E-state index is 0.107. The average Bonchev–Trinajstić information content (AvgIpc) is 2.76. The van der Waals surface area contributed by atoms with Gasteiger partial charge in [-0.05, 0) is 30.3 Å². The number of piperazine rings is 1. The maximum absolute atomic E-state index is 13.2.